The number of nitrogens with one attached hydrogen (secondary N) is 2. The van der Waals surface area contributed by atoms with Gasteiger partial charge in [0, 0.05) is 6.04 Å². The number of hydrogen-bond donors (Lipinski definition) is 2. The van der Waals surface area contributed by atoms with Crippen molar-refractivity contribution in [3.8, 4) is 11.5 Å². The molecule has 1 fully saturated rings. The van der Waals surface area contributed by atoms with Crippen LogP contribution in [0.4, 0.5) is 0 Å². The van der Waals surface area contributed by atoms with Crippen molar-refractivity contribution < 1.29 is 14.3 Å². The van der Waals surface area contributed by atoms with Crippen molar-refractivity contribution >= 4 is 29.5 Å². The van der Waals surface area contributed by atoms with E-state index in [0.717, 1.165) is 37.0 Å². The third kappa shape index (κ3) is 7.96. The average Bonchev–Trinajstić information content (AvgIpc) is 2.81. The molecule has 0 aliphatic heterocycles. The number of ether oxygens (including phenoxy) is 2. The Morgan fingerprint density at radius 1 is 1.06 bits per heavy atom. The Bertz CT molecular complexity index is 892. The van der Waals surface area contributed by atoms with Gasteiger partial charge in [-0.05, 0) is 85.6 Å². The molecule has 0 aromatic heterocycles. The van der Waals surface area contributed by atoms with Gasteiger partial charge in [-0.2, -0.15) is 5.10 Å². The van der Waals surface area contributed by atoms with E-state index in [1.54, 1.807) is 42.6 Å². The van der Waals surface area contributed by atoms with Crippen LogP contribution < -0.4 is 20.2 Å². The Morgan fingerprint density at radius 3 is 2.44 bits per heavy atom. The van der Waals surface area contributed by atoms with E-state index in [1.807, 2.05) is 12.1 Å². The van der Waals surface area contributed by atoms with Gasteiger partial charge in [-0.15, -0.1) is 0 Å². The van der Waals surface area contributed by atoms with Crippen LogP contribution in [0.1, 0.15) is 67.8 Å². The summed E-state index contributed by atoms with van der Waals surface area (Å²) in [6, 6.07) is 14.6. The first kappa shape index (κ1) is 23.7. The van der Waals surface area contributed by atoms with Gasteiger partial charge in [0.2, 0.25) is 0 Å². The summed E-state index contributed by atoms with van der Waals surface area (Å²) in [5.41, 5.74) is 4.20. The first-order valence-corrected chi connectivity index (χ1v) is 11.7. The Labute approximate surface area is 195 Å². The van der Waals surface area contributed by atoms with Gasteiger partial charge >= 0.3 is 5.97 Å². The van der Waals surface area contributed by atoms with Crippen LogP contribution in [-0.2, 0) is 0 Å². The summed E-state index contributed by atoms with van der Waals surface area (Å²) >= 11 is 5.30. The Morgan fingerprint density at radius 2 is 1.75 bits per heavy atom. The number of esters is 1. The van der Waals surface area contributed by atoms with Crippen molar-refractivity contribution in [3.05, 3.63) is 59.7 Å². The summed E-state index contributed by atoms with van der Waals surface area (Å²) in [5, 5.41) is 8.03. The number of rotatable bonds is 9. The van der Waals surface area contributed by atoms with Crippen LogP contribution in [0.2, 0.25) is 0 Å². The molecule has 170 valence electrons. The molecule has 32 heavy (non-hydrogen) atoms. The van der Waals surface area contributed by atoms with Gasteiger partial charge in [0.25, 0.3) is 0 Å². The number of nitrogens with zero attached hydrogens (tertiary/aromatic N) is 1. The van der Waals surface area contributed by atoms with Crippen LogP contribution >= 0.6 is 12.2 Å². The lowest BCUT2D eigenvalue weighted by atomic mass is 9.96. The minimum atomic E-state index is -0.410. The summed E-state index contributed by atoms with van der Waals surface area (Å²) in [4.78, 5) is 12.4. The van der Waals surface area contributed by atoms with Crippen LogP contribution in [0.15, 0.2) is 53.6 Å². The molecule has 0 bridgehead atoms. The van der Waals surface area contributed by atoms with E-state index < -0.39 is 5.97 Å². The molecule has 2 aromatic rings. The summed E-state index contributed by atoms with van der Waals surface area (Å²) in [6.07, 6.45) is 9.88. The molecule has 0 radical (unpaired) electrons. The van der Waals surface area contributed by atoms with Crippen LogP contribution in [0.5, 0.6) is 11.5 Å². The number of hydrogen-bond acceptors (Lipinski definition) is 5. The molecule has 0 atom stereocenters. The second-order valence-electron chi connectivity index (χ2n) is 7.86. The van der Waals surface area contributed by atoms with E-state index in [9.17, 15) is 4.79 Å². The fourth-order valence-corrected chi connectivity index (χ4v) is 3.66. The zero-order valence-corrected chi connectivity index (χ0v) is 19.3. The van der Waals surface area contributed by atoms with E-state index in [4.69, 9.17) is 21.7 Å². The molecular weight excluding hydrogens is 422 g/mol. The van der Waals surface area contributed by atoms with Crippen molar-refractivity contribution in [2.75, 3.05) is 6.61 Å². The molecule has 1 aliphatic carbocycles. The Kier molecular flexibility index (Phi) is 9.50. The summed E-state index contributed by atoms with van der Waals surface area (Å²) < 4.78 is 11.1. The van der Waals surface area contributed by atoms with Gasteiger partial charge in [0.05, 0.1) is 18.4 Å². The van der Waals surface area contributed by atoms with Crippen LogP contribution in [0.3, 0.4) is 0 Å². The predicted octanol–water partition coefficient (Wildman–Crippen LogP) is 5.22. The van der Waals surface area contributed by atoms with Crippen molar-refractivity contribution in [1.82, 2.24) is 10.7 Å². The molecular formula is C25H31N3O3S. The van der Waals surface area contributed by atoms with Crippen molar-refractivity contribution in [3.63, 3.8) is 0 Å². The third-order valence-corrected chi connectivity index (χ3v) is 5.48. The second kappa shape index (κ2) is 12.8. The fraction of sp³-hybridized carbons (Fsp3) is 0.400. The first-order valence-electron chi connectivity index (χ1n) is 11.3. The standard InChI is InChI=1S/C25H31N3O3S/c1-2-3-17-30-22-15-11-20(12-16-22)24(29)31-23-13-9-19(10-14-23)18-26-28-25(32)27-21-7-5-4-6-8-21/h9-16,18,21H,2-8,17H2,1H3,(H2,27,28,32)/b26-18-. The maximum absolute atomic E-state index is 12.4. The smallest absolute Gasteiger partial charge is 0.343 e. The van der Waals surface area contributed by atoms with E-state index in [1.165, 1.54) is 19.3 Å². The maximum atomic E-state index is 12.4. The molecule has 0 heterocycles. The topological polar surface area (TPSA) is 72.0 Å². The highest BCUT2D eigenvalue weighted by molar-refractivity contribution is 7.80. The molecule has 7 heteroatoms. The van der Waals surface area contributed by atoms with Gasteiger partial charge in [0.15, 0.2) is 5.11 Å². The number of carbonyl (C=O) groups is 1. The number of thiocarbonyl (C=S) groups is 1. The molecule has 0 saturated heterocycles. The lowest BCUT2D eigenvalue weighted by Gasteiger charge is -2.23. The van der Waals surface area contributed by atoms with E-state index in [2.05, 4.69) is 22.8 Å². The predicted molar refractivity (Wildman–Crippen MR) is 132 cm³/mol. The van der Waals surface area contributed by atoms with Crippen LogP contribution in [-0.4, -0.2) is 29.9 Å². The Hall–Kier alpha value is -2.93. The van der Waals surface area contributed by atoms with Gasteiger partial charge in [0.1, 0.15) is 11.5 Å². The fourth-order valence-electron chi connectivity index (χ4n) is 3.44. The largest absolute Gasteiger partial charge is 0.494 e. The molecule has 6 nitrogen and oxygen atoms in total. The van der Waals surface area contributed by atoms with Gasteiger partial charge in [-0.25, -0.2) is 4.79 Å². The molecule has 3 rings (SSSR count). The molecule has 2 N–H and O–H groups in total. The third-order valence-electron chi connectivity index (χ3n) is 5.27. The zero-order valence-electron chi connectivity index (χ0n) is 18.5. The van der Waals surface area contributed by atoms with Gasteiger partial charge in [-0.1, -0.05) is 32.6 Å². The van der Waals surface area contributed by atoms with Gasteiger partial charge in [-0.3, -0.25) is 5.43 Å². The molecule has 0 unspecified atom stereocenters. The lowest BCUT2D eigenvalue weighted by molar-refractivity contribution is 0.0734. The number of carbonyl (C=O) groups excluding carboxylic acids is 1. The van der Waals surface area contributed by atoms with E-state index in [-0.39, 0.29) is 0 Å². The first-order chi connectivity index (χ1) is 15.6. The zero-order chi connectivity index (χ0) is 22.6. The van der Waals surface area contributed by atoms with Gasteiger partial charge < -0.3 is 14.8 Å². The summed E-state index contributed by atoms with van der Waals surface area (Å²) in [6.45, 7) is 2.79. The van der Waals surface area contributed by atoms with E-state index in [0.29, 0.717) is 29.1 Å². The molecule has 2 aromatic carbocycles. The number of hydrazone groups is 1. The normalized spacial score (nSPS) is 14.2. The highest BCUT2D eigenvalue weighted by Crippen LogP contribution is 2.18. The van der Waals surface area contributed by atoms with Crippen LogP contribution in [0.25, 0.3) is 0 Å². The summed E-state index contributed by atoms with van der Waals surface area (Å²) in [5.74, 6) is 0.811. The monoisotopic (exact) mass is 453 g/mol. The van der Waals surface area contributed by atoms with Crippen LogP contribution in [0, 0.1) is 0 Å². The SMILES string of the molecule is CCCCOc1ccc(C(=O)Oc2ccc(/C=N\NC(=S)NC3CCCCC3)cc2)cc1. The minimum absolute atomic E-state index is 0.410. The summed E-state index contributed by atoms with van der Waals surface area (Å²) in [7, 11) is 0. The quantitative estimate of drug-likeness (QED) is 0.136. The van der Waals surface area contributed by atoms with Crippen molar-refractivity contribution in [2.45, 2.75) is 57.9 Å². The highest BCUT2D eigenvalue weighted by Gasteiger charge is 2.13. The molecule has 1 saturated carbocycles. The minimum Gasteiger partial charge on any atom is -0.494 e. The molecule has 1 aliphatic rings. The Balaban J connectivity index is 1.44. The number of benzene rings is 2. The van der Waals surface area contributed by atoms with Crippen molar-refractivity contribution in [1.29, 1.82) is 0 Å². The lowest BCUT2D eigenvalue weighted by Crippen LogP contribution is -2.40. The average molecular weight is 454 g/mol. The van der Waals surface area contributed by atoms with Crippen molar-refractivity contribution in [2.24, 2.45) is 5.10 Å². The maximum Gasteiger partial charge on any atom is 0.343 e. The highest BCUT2D eigenvalue weighted by atomic mass is 32.1. The number of unbranched alkanes of at least 4 members (excludes halogenated alkanes) is 1. The molecule has 0 spiro atoms. The van der Waals surface area contributed by atoms with E-state index >= 15 is 0 Å². The second-order valence-corrected chi connectivity index (χ2v) is 8.27. The molecule has 0 amide bonds.